The van der Waals surface area contributed by atoms with Crippen molar-refractivity contribution < 1.29 is 27.4 Å². The number of halogens is 3. The zero-order chi connectivity index (χ0) is 33.0. The highest BCUT2D eigenvalue weighted by molar-refractivity contribution is 5.69. The molecular formula is C33H37F3N8O3. The van der Waals surface area contributed by atoms with Crippen LogP contribution in [-0.2, 0) is 30.5 Å². The Morgan fingerprint density at radius 3 is 2.60 bits per heavy atom. The molecule has 2 atom stereocenters. The molecule has 2 fully saturated rings. The highest BCUT2D eigenvalue weighted by Crippen LogP contribution is 2.38. The lowest BCUT2D eigenvalue weighted by molar-refractivity contribution is -0.137. The molecule has 2 saturated heterocycles. The predicted octanol–water partition coefficient (Wildman–Crippen LogP) is 4.67. The lowest BCUT2D eigenvalue weighted by atomic mass is 10.0. The molecule has 47 heavy (non-hydrogen) atoms. The van der Waals surface area contributed by atoms with Gasteiger partial charge < -0.3 is 29.1 Å². The van der Waals surface area contributed by atoms with Gasteiger partial charge in [0.1, 0.15) is 24.8 Å². The van der Waals surface area contributed by atoms with E-state index < -0.39 is 23.9 Å². The van der Waals surface area contributed by atoms with Gasteiger partial charge in [-0.1, -0.05) is 30.3 Å². The maximum absolute atomic E-state index is 13.9. The largest absolute Gasteiger partial charge is 0.462 e. The van der Waals surface area contributed by atoms with Gasteiger partial charge in [-0.15, -0.1) is 0 Å². The van der Waals surface area contributed by atoms with Gasteiger partial charge in [-0.25, -0.2) is 9.78 Å². The summed E-state index contributed by atoms with van der Waals surface area (Å²) in [6.07, 6.45) is -1.16. The van der Waals surface area contributed by atoms with Crippen molar-refractivity contribution in [3.05, 3.63) is 71.0 Å². The number of hydrogen-bond acceptors (Lipinski definition) is 10. The second-order valence-corrected chi connectivity index (χ2v) is 12.1. The first kappa shape index (κ1) is 32.3. The smallest absolute Gasteiger partial charge is 0.419 e. The minimum Gasteiger partial charge on any atom is -0.462 e. The number of piperazine rings is 1. The van der Waals surface area contributed by atoms with Crippen LogP contribution in [0.4, 0.5) is 29.6 Å². The van der Waals surface area contributed by atoms with Crippen LogP contribution < -0.4 is 14.5 Å². The molecule has 0 N–H and O–H groups in total. The third kappa shape index (κ3) is 7.35. The summed E-state index contributed by atoms with van der Waals surface area (Å²) in [5.74, 6) is 0.472. The average molecular weight is 651 g/mol. The van der Waals surface area contributed by atoms with Gasteiger partial charge in [0.15, 0.2) is 0 Å². The van der Waals surface area contributed by atoms with Crippen molar-refractivity contribution in [1.82, 2.24) is 24.8 Å². The van der Waals surface area contributed by atoms with Crippen molar-refractivity contribution >= 4 is 17.7 Å². The monoisotopic (exact) mass is 650 g/mol. The Hall–Kier alpha value is -4.64. The number of fused-ring (bicyclic) bond motifs is 1. The second kappa shape index (κ2) is 14.0. The van der Waals surface area contributed by atoms with Gasteiger partial charge >= 0.3 is 18.3 Å². The van der Waals surface area contributed by atoms with Crippen molar-refractivity contribution in [2.45, 2.75) is 57.1 Å². The van der Waals surface area contributed by atoms with Gasteiger partial charge in [-0.05, 0) is 50.6 Å². The van der Waals surface area contributed by atoms with Crippen molar-refractivity contribution in [2.24, 2.45) is 0 Å². The first-order valence-corrected chi connectivity index (χ1v) is 15.8. The van der Waals surface area contributed by atoms with Crippen LogP contribution in [0.3, 0.4) is 0 Å². The molecule has 6 rings (SSSR count). The van der Waals surface area contributed by atoms with Crippen molar-refractivity contribution in [1.29, 1.82) is 5.26 Å². The van der Waals surface area contributed by atoms with E-state index in [1.54, 1.807) is 9.80 Å². The highest BCUT2D eigenvalue weighted by Gasteiger charge is 2.38. The van der Waals surface area contributed by atoms with Crippen LogP contribution in [-0.4, -0.2) is 89.3 Å². The minimum atomic E-state index is -4.56. The lowest BCUT2D eigenvalue weighted by Gasteiger charge is -2.41. The van der Waals surface area contributed by atoms with Crippen LogP contribution in [0.5, 0.6) is 6.01 Å². The zero-order valence-corrected chi connectivity index (χ0v) is 26.2. The number of aromatic nitrogens is 3. The summed E-state index contributed by atoms with van der Waals surface area (Å²) < 4.78 is 53.4. The molecule has 14 heteroatoms. The minimum absolute atomic E-state index is 0.0925. The first-order chi connectivity index (χ1) is 22.7. The highest BCUT2D eigenvalue weighted by atomic mass is 19.4. The van der Waals surface area contributed by atoms with E-state index in [0.717, 1.165) is 36.6 Å². The van der Waals surface area contributed by atoms with Crippen molar-refractivity contribution in [3.63, 3.8) is 0 Å². The molecule has 0 saturated carbocycles. The molecule has 2 aromatic heterocycles. The average Bonchev–Trinajstić information content (AvgIpc) is 3.50. The van der Waals surface area contributed by atoms with E-state index in [-0.39, 0.29) is 44.0 Å². The number of likely N-dealkylation sites (N-methyl/N-ethyl adjacent to an activating group) is 1. The summed E-state index contributed by atoms with van der Waals surface area (Å²) >= 11 is 0. The number of carbonyl (C=O) groups excluding carboxylic acids is 1. The molecule has 0 aliphatic carbocycles. The van der Waals surface area contributed by atoms with E-state index in [9.17, 15) is 23.2 Å². The van der Waals surface area contributed by atoms with Crippen LogP contribution in [0.1, 0.15) is 41.6 Å². The molecule has 3 aliphatic rings. The topological polar surface area (TPSA) is 111 Å². The number of amides is 1. The Morgan fingerprint density at radius 1 is 1.02 bits per heavy atom. The first-order valence-electron chi connectivity index (χ1n) is 15.8. The van der Waals surface area contributed by atoms with Crippen molar-refractivity contribution in [3.8, 4) is 12.1 Å². The number of hydrogen-bond donors (Lipinski definition) is 0. The molecule has 0 radical (unpaired) electrons. The molecule has 1 aromatic carbocycles. The molecular weight excluding hydrogens is 613 g/mol. The Bertz CT molecular complexity index is 1600. The predicted molar refractivity (Wildman–Crippen MR) is 167 cm³/mol. The number of ether oxygens (including phenoxy) is 2. The SMILES string of the molecule is CN1CCC[C@H]1COc1nc2c(c(N3CCN(C(=O)OCc4ccccc4)[C@@H](CC#N)C3)n1)CCN(c1ncccc1C(F)(F)F)C2. The van der Waals surface area contributed by atoms with Gasteiger partial charge in [0.25, 0.3) is 0 Å². The number of anilines is 2. The number of benzene rings is 1. The fourth-order valence-corrected chi connectivity index (χ4v) is 6.50. The van der Waals surface area contributed by atoms with Gasteiger partial charge in [0.2, 0.25) is 0 Å². The third-order valence-electron chi connectivity index (χ3n) is 9.04. The van der Waals surface area contributed by atoms with Crippen molar-refractivity contribution in [2.75, 3.05) is 56.2 Å². The van der Waals surface area contributed by atoms with Crippen LogP contribution in [0.25, 0.3) is 0 Å². The molecule has 248 valence electrons. The summed E-state index contributed by atoms with van der Waals surface area (Å²) in [6, 6.07) is 13.8. The Kier molecular flexibility index (Phi) is 9.63. The summed E-state index contributed by atoms with van der Waals surface area (Å²) in [7, 11) is 2.04. The molecule has 5 heterocycles. The van der Waals surface area contributed by atoms with Gasteiger partial charge in [0.05, 0.1) is 36.3 Å². The molecule has 11 nitrogen and oxygen atoms in total. The third-order valence-corrected chi connectivity index (χ3v) is 9.04. The van der Waals surface area contributed by atoms with Gasteiger partial charge in [-0.2, -0.15) is 28.4 Å². The van der Waals surface area contributed by atoms with Crippen LogP contribution in [0.2, 0.25) is 0 Å². The number of rotatable bonds is 8. The zero-order valence-electron chi connectivity index (χ0n) is 26.2. The molecule has 0 spiro atoms. The maximum Gasteiger partial charge on any atom is 0.419 e. The van der Waals surface area contributed by atoms with Crippen LogP contribution >= 0.6 is 0 Å². The van der Waals surface area contributed by atoms with Crippen LogP contribution in [0, 0.1) is 11.3 Å². The van der Waals surface area contributed by atoms with Gasteiger partial charge in [0, 0.05) is 44.0 Å². The van der Waals surface area contributed by atoms with Crippen LogP contribution in [0.15, 0.2) is 48.7 Å². The fourth-order valence-electron chi connectivity index (χ4n) is 6.50. The van der Waals surface area contributed by atoms with E-state index in [1.807, 2.05) is 42.3 Å². The normalized spacial score (nSPS) is 20.1. The summed E-state index contributed by atoms with van der Waals surface area (Å²) in [5.41, 5.74) is 1.44. The van der Waals surface area contributed by atoms with E-state index in [0.29, 0.717) is 44.2 Å². The van der Waals surface area contributed by atoms with E-state index in [2.05, 4.69) is 16.0 Å². The number of nitrogens with zero attached hydrogens (tertiary/aromatic N) is 8. The number of carbonyl (C=O) groups is 1. The molecule has 0 bridgehead atoms. The fraction of sp³-hybridized carbons (Fsp3) is 0.485. The quantitative estimate of drug-likeness (QED) is 0.341. The molecule has 0 unspecified atom stereocenters. The van der Waals surface area contributed by atoms with E-state index in [4.69, 9.17) is 19.4 Å². The Labute approximate surface area is 271 Å². The number of alkyl halides is 3. The van der Waals surface area contributed by atoms with E-state index >= 15 is 0 Å². The molecule has 1 amide bonds. The number of nitriles is 1. The second-order valence-electron chi connectivity index (χ2n) is 12.1. The Morgan fingerprint density at radius 2 is 1.85 bits per heavy atom. The summed E-state index contributed by atoms with van der Waals surface area (Å²) in [6.45, 7) is 2.90. The van der Waals surface area contributed by atoms with Gasteiger partial charge in [-0.3, -0.25) is 0 Å². The lowest BCUT2D eigenvalue weighted by Crippen LogP contribution is -2.55. The number of likely N-dealkylation sites (tertiary alicyclic amines) is 1. The Balaban J connectivity index is 1.26. The standard InChI is InChI=1S/C33H37F3N8O3/c1-41-15-6-9-25(41)22-46-31-39-28-20-42(30-27(33(34,35)36)10-5-14-38-30)16-12-26(28)29(40-31)43-17-18-44(24(19-43)11-13-37)32(45)47-21-23-7-3-2-4-8-23/h2-5,7-8,10,14,24-25H,6,9,11-12,15-22H2,1H3/t24-,25-/m0/s1. The molecule has 3 aromatic rings. The maximum atomic E-state index is 13.9. The van der Waals surface area contributed by atoms with E-state index in [1.165, 1.54) is 12.3 Å². The summed E-state index contributed by atoms with van der Waals surface area (Å²) in [5, 5.41) is 9.64. The molecule has 3 aliphatic heterocycles. The summed E-state index contributed by atoms with van der Waals surface area (Å²) in [4.78, 5) is 34.2. The number of pyridine rings is 1.